The van der Waals surface area contributed by atoms with Gasteiger partial charge in [-0.3, -0.25) is 9.69 Å². The van der Waals surface area contributed by atoms with Gasteiger partial charge in [0, 0.05) is 13.0 Å². The summed E-state index contributed by atoms with van der Waals surface area (Å²) < 4.78 is 0. The van der Waals surface area contributed by atoms with Crippen molar-refractivity contribution in [2.24, 2.45) is 5.41 Å². The highest BCUT2D eigenvalue weighted by Crippen LogP contribution is 2.19. The molecule has 106 valence electrons. The first-order valence-electron chi connectivity index (χ1n) is 6.77. The fourth-order valence-corrected chi connectivity index (χ4v) is 2.08. The molecular weight excluding hydrogens is 238 g/mol. The zero-order chi connectivity index (χ0) is 14.3. The van der Waals surface area contributed by atoms with Gasteiger partial charge in [-0.05, 0) is 17.5 Å². The second-order valence-electron chi connectivity index (χ2n) is 6.18. The van der Waals surface area contributed by atoms with E-state index in [1.807, 2.05) is 35.2 Å². The van der Waals surface area contributed by atoms with Crippen LogP contribution in [0.5, 0.6) is 0 Å². The van der Waals surface area contributed by atoms with E-state index in [2.05, 4.69) is 20.8 Å². The average molecular weight is 262 g/mol. The summed E-state index contributed by atoms with van der Waals surface area (Å²) in [5.74, 6) is 0.205. The summed E-state index contributed by atoms with van der Waals surface area (Å²) in [7, 11) is 0. The number of rotatable bonds is 7. The maximum absolute atomic E-state index is 12.0. The Kier molecular flexibility index (Phi) is 6.19. The Balaban J connectivity index is 2.55. The monoisotopic (exact) mass is 262 g/mol. The number of nitrogens with zero attached hydrogens (tertiary/aromatic N) is 1. The molecule has 1 rings (SSSR count). The molecule has 0 spiro atoms. The van der Waals surface area contributed by atoms with Crippen LogP contribution in [-0.4, -0.2) is 30.4 Å². The van der Waals surface area contributed by atoms with Crippen LogP contribution in [0, 0.1) is 5.41 Å². The quantitative estimate of drug-likeness (QED) is 0.753. The molecule has 0 atom stereocenters. The van der Waals surface area contributed by atoms with E-state index in [9.17, 15) is 9.90 Å². The van der Waals surface area contributed by atoms with Gasteiger partial charge in [-0.2, -0.15) is 0 Å². The summed E-state index contributed by atoms with van der Waals surface area (Å²) in [6.07, 6.45) is 0.553. The van der Waals surface area contributed by atoms with Gasteiger partial charge in [-0.15, -0.1) is 6.61 Å². The van der Waals surface area contributed by atoms with Gasteiger partial charge in [-0.1, -0.05) is 51.1 Å². The highest BCUT2D eigenvalue weighted by Gasteiger charge is 2.18. The molecule has 0 bridgehead atoms. The lowest BCUT2D eigenvalue weighted by atomic mass is 9.90. The molecule has 0 fully saturated rings. The van der Waals surface area contributed by atoms with Crippen LogP contribution in [0.1, 0.15) is 32.8 Å². The number of hydrogen-bond acceptors (Lipinski definition) is 3. The molecule has 1 aromatic rings. The summed E-state index contributed by atoms with van der Waals surface area (Å²) in [6, 6.07) is 9.95. The highest BCUT2D eigenvalue weighted by molar-refractivity contribution is 5.81. The zero-order valence-electron chi connectivity index (χ0n) is 12.2. The van der Waals surface area contributed by atoms with Crippen molar-refractivity contribution in [2.75, 3.05) is 19.7 Å². The molecule has 0 aromatic heterocycles. The predicted octanol–water partition coefficient (Wildman–Crippen LogP) is 1.85. The Morgan fingerprint density at radius 2 is 1.84 bits per heavy atom. The lowest BCUT2D eigenvalue weighted by Gasteiger charge is -2.25. The number of hydrogen-bond donors (Lipinski definition) is 0. The van der Waals surface area contributed by atoms with Crippen LogP contribution >= 0.6 is 0 Å². The van der Waals surface area contributed by atoms with Gasteiger partial charge in [0.05, 0.1) is 6.54 Å². The Morgan fingerprint density at radius 1 is 1.21 bits per heavy atom. The number of benzene rings is 1. The third-order valence-corrected chi connectivity index (χ3v) is 2.78. The van der Waals surface area contributed by atoms with E-state index < -0.39 is 0 Å². The topological polar surface area (TPSA) is 43.4 Å². The Morgan fingerprint density at radius 3 is 2.37 bits per heavy atom. The van der Waals surface area contributed by atoms with Gasteiger partial charge in [0.2, 0.25) is 0 Å². The minimum Gasteiger partial charge on any atom is -0.854 e. The predicted molar refractivity (Wildman–Crippen MR) is 75.7 cm³/mol. The number of carbonyl (C=O) groups excluding carboxylic acids is 1. The van der Waals surface area contributed by atoms with E-state index in [0.29, 0.717) is 26.1 Å². The van der Waals surface area contributed by atoms with Crippen LogP contribution in [0.3, 0.4) is 0 Å². The zero-order valence-corrected chi connectivity index (χ0v) is 12.2. The van der Waals surface area contributed by atoms with Crippen molar-refractivity contribution in [3.05, 3.63) is 35.9 Å². The second kappa shape index (κ2) is 7.41. The standard InChI is InChI=1S/C16H24NO2/c1-16(2,3)11-15(19)13-17(9-10-18)12-14-7-5-4-6-8-14/h4-8H,9-13H2,1-3H3/q-1. The maximum atomic E-state index is 12.0. The van der Waals surface area contributed by atoms with E-state index in [1.165, 1.54) is 0 Å². The van der Waals surface area contributed by atoms with Gasteiger partial charge < -0.3 is 5.11 Å². The summed E-state index contributed by atoms with van der Waals surface area (Å²) in [6.45, 7) is 7.45. The van der Waals surface area contributed by atoms with E-state index in [4.69, 9.17) is 0 Å². The van der Waals surface area contributed by atoms with Gasteiger partial charge >= 0.3 is 0 Å². The fourth-order valence-electron chi connectivity index (χ4n) is 2.08. The third-order valence-electron chi connectivity index (χ3n) is 2.78. The molecule has 0 aliphatic heterocycles. The normalized spacial score (nSPS) is 11.8. The maximum Gasteiger partial charge on any atom is 0.147 e. The molecule has 0 amide bonds. The van der Waals surface area contributed by atoms with Crippen molar-refractivity contribution in [1.82, 2.24) is 4.90 Å². The van der Waals surface area contributed by atoms with Crippen LogP contribution in [0.25, 0.3) is 0 Å². The molecule has 0 saturated carbocycles. The summed E-state index contributed by atoms with van der Waals surface area (Å²) in [4.78, 5) is 13.9. The Hall–Kier alpha value is -1.19. The molecule has 1 aromatic carbocycles. The van der Waals surface area contributed by atoms with Gasteiger partial charge in [0.25, 0.3) is 0 Å². The minimum atomic E-state index is -0.171. The molecule has 0 saturated heterocycles. The Bertz CT molecular complexity index is 381. The third kappa shape index (κ3) is 7.09. The van der Waals surface area contributed by atoms with Crippen LogP contribution in [-0.2, 0) is 11.3 Å². The molecule has 0 radical (unpaired) electrons. The summed E-state index contributed by atoms with van der Waals surface area (Å²) in [5.41, 5.74) is 1.15. The number of Topliss-reactive ketones (excluding diaryl/α,β-unsaturated/α-hetero) is 1. The minimum absolute atomic E-state index is 0.00691. The second-order valence-corrected chi connectivity index (χ2v) is 6.18. The lowest BCUT2D eigenvalue weighted by molar-refractivity contribution is -0.368. The molecule has 0 N–H and O–H groups in total. The van der Waals surface area contributed by atoms with Gasteiger partial charge in [0.15, 0.2) is 0 Å². The Labute approximate surface area is 116 Å². The van der Waals surface area contributed by atoms with Gasteiger partial charge in [-0.25, -0.2) is 0 Å². The van der Waals surface area contributed by atoms with Crippen LogP contribution < -0.4 is 5.11 Å². The van der Waals surface area contributed by atoms with E-state index in [1.54, 1.807) is 0 Å². The van der Waals surface area contributed by atoms with Gasteiger partial charge in [0.1, 0.15) is 5.78 Å². The van der Waals surface area contributed by atoms with Crippen LogP contribution in [0.15, 0.2) is 30.3 Å². The van der Waals surface area contributed by atoms with Crippen molar-refractivity contribution < 1.29 is 9.90 Å². The first-order chi connectivity index (χ1) is 8.90. The molecule has 0 aliphatic carbocycles. The first-order valence-corrected chi connectivity index (χ1v) is 6.77. The largest absolute Gasteiger partial charge is 0.854 e. The van der Waals surface area contributed by atoms with Crippen LogP contribution in [0.2, 0.25) is 0 Å². The number of carbonyl (C=O) groups is 1. The first kappa shape index (κ1) is 15.9. The summed E-state index contributed by atoms with van der Waals surface area (Å²) >= 11 is 0. The van der Waals surface area contributed by atoms with Crippen molar-refractivity contribution in [3.8, 4) is 0 Å². The molecule has 0 unspecified atom stereocenters. The van der Waals surface area contributed by atoms with Crippen molar-refractivity contribution in [3.63, 3.8) is 0 Å². The average Bonchev–Trinajstić information content (AvgIpc) is 2.27. The number of ketones is 1. The van der Waals surface area contributed by atoms with Crippen molar-refractivity contribution in [2.45, 2.75) is 33.7 Å². The summed E-state index contributed by atoms with van der Waals surface area (Å²) in [5, 5.41) is 10.8. The molecule has 19 heavy (non-hydrogen) atoms. The van der Waals surface area contributed by atoms with E-state index in [0.717, 1.165) is 5.56 Å². The van der Waals surface area contributed by atoms with Crippen LogP contribution in [0.4, 0.5) is 0 Å². The molecule has 0 aliphatic rings. The molecule has 3 nitrogen and oxygen atoms in total. The van der Waals surface area contributed by atoms with E-state index in [-0.39, 0.29) is 17.8 Å². The van der Waals surface area contributed by atoms with Crippen molar-refractivity contribution >= 4 is 5.78 Å². The fraction of sp³-hybridized carbons (Fsp3) is 0.562. The lowest BCUT2D eigenvalue weighted by Crippen LogP contribution is -2.35. The van der Waals surface area contributed by atoms with Crippen molar-refractivity contribution in [1.29, 1.82) is 0 Å². The molecular formula is C16H24NO2-. The molecule has 3 heteroatoms. The highest BCUT2D eigenvalue weighted by atomic mass is 16.3. The SMILES string of the molecule is CC(C)(C)CC(=O)CN(CC[O-])Cc1ccccc1. The van der Waals surface area contributed by atoms with E-state index >= 15 is 0 Å². The molecule has 0 heterocycles. The smallest absolute Gasteiger partial charge is 0.147 e.